The van der Waals surface area contributed by atoms with Gasteiger partial charge in [-0.15, -0.1) is 0 Å². The number of ether oxygens (including phenoxy) is 2. The first kappa shape index (κ1) is 19.6. The molecule has 1 aromatic carbocycles. The van der Waals surface area contributed by atoms with Gasteiger partial charge in [0.15, 0.2) is 5.79 Å². The molecule has 2 aliphatic rings. The average Bonchev–Trinajstić information content (AvgIpc) is 3.11. The van der Waals surface area contributed by atoms with Crippen LogP contribution in [0.1, 0.15) is 65.0 Å². The third kappa shape index (κ3) is 4.21. The number of allylic oxidation sites excluding steroid dienone is 1. The maximum absolute atomic E-state index is 5.84. The Hall–Kier alpha value is -1.16. The van der Waals surface area contributed by atoms with Crippen LogP contribution in [0.2, 0.25) is 0 Å². The monoisotopic (exact) mass is 357 g/mol. The van der Waals surface area contributed by atoms with Gasteiger partial charge < -0.3 is 9.47 Å². The van der Waals surface area contributed by atoms with Crippen molar-refractivity contribution in [3.63, 3.8) is 0 Å². The molecule has 0 aliphatic carbocycles. The molecule has 0 aromatic heterocycles. The van der Waals surface area contributed by atoms with E-state index in [1.807, 2.05) is 0 Å². The van der Waals surface area contributed by atoms with E-state index in [1.165, 1.54) is 22.3 Å². The van der Waals surface area contributed by atoms with E-state index in [1.54, 1.807) is 0 Å². The van der Waals surface area contributed by atoms with Gasteiger partial charge in [0.25, 0.3) is 0 Å². The van der Waals surface area contributed by atoms with Gasteiger partial charge in [-0.25, -0.2) is 0 Å². The van der Waals surface area contributed by atoms with Gasteiger partial charge >= 0.3 is 0 Å². The van der Waals surface area contributed by atoms with Gasteiger partial charge in [-0.2, -0.15) is 0 Å². The fraction of sp³-hybridized carbons (Fsp3) is 0.652. The van der Waals surface area contributed by atoms with E-state index in [2.05, 4.69) is 63.8 Å². The molecule has 1 aromatic rings. The molecule has 26 heavy (non-hydrogen) atoms. The molecule has 3 rings (SSSR count). The highest BCUT2D eigenvalue weighted by Crippen LogP contribution is 2.32. The molecule has 0 unspecified atom stereocenters. The smallest absolute Gasteiger partial charge is 0.170 e. The Bertz CT molecular complexity index is 629. The first-order valence-electron chi connectivity index (χ1n) is 10.1. The van der Waals surface area contributed by atoms with Gasteiger partial charge in [0.1, 0.15) is 0 Å². The second kappa shape index (κ2) is 7.84. The van der Waals surface area contributed by atoms with Crippen LogP contribution in [-0.2, 0) is 14.9 Å². The SMILES string of the molecule is CCC(C)(C)c1ccc(C(C)=C(C)CN2CCC3(CC2)OCCO3)cc1. The molecule has 3 heteroatoms. The Labute approximate surface area is 159 Å². The molecule has 0 amide bonds. The second-order valence-corrected chi connectivity index (χ2v) is 8.60. The van der Waals surface area contributed by atoms with Crippen molar-refractivity contribution >= 4 is 5.57 Å². The zero-order valence-electron chi connectivity index (χ0n) is 17.2. The highest BCUT2D eigenvalue weighted by Gasteiger charge is 2.39. The number of hydrogen-bond acceptors (Lipinski definition) is 3. The predicted molar refractivity (Wildman–Crippen MR) is 108 cm³/mol. The maximum atomic E-state index is 5.84. The van der Waals surface area contributed by atoms with Crippen LogP contribution >= 0.6 is 0 Å². The molecule has 1 spiro atoms. The molecule has 0 N–H and O–H groups in total. The molecule has 0 bridgehead atoms. The number of rotatable bonds is 5. The number of hydrogen-bond donors (Lipinski definition) is 0. The minimum absolute atomic E-state index is 0.249. The van der Waals surface area contributed by atoms with Crippen molar-refractivity contribution in [2.24, 2.45) is 0 Å². The highest BCUT2D eigenvalue weighted by molar-refractivity contribution is 5.67. The number of nitrogens with zero attached hydrogens (tertiary/aromatic N) is 1. The molecule has 2 saturated heterocycles. The summed E-state index contributed by atoms with van der Waals surface area (Å²) >= 11 is 0. The average molecular weight is 358 g/mol. The zero-order valence-corrected chi connectivity index (χ0v) is 17.2. The summed E-state index contributed by atoms with van der Waals surface area (Å²) < 4.78 is 11.7. The van der Waals surface area contributed by atoms with Crippen LogP contribution in [0.15, 0.2) is 29.8 Å². The number of likely N-dealkylation sites (tertiary alicyclic amines) is 1. The summed E-state index contributed by atoms with van der Waals surface area (Å²) in [7, 11) is 0. The molecular weight excluding hydrogens is 322 g/mol. The Morgan fingerprint density at radius 1 is 1.04 bits per heavy atom. The van der Waals surface area contributed by atoms with Crippen molar-refractivity contribution in [3.05, 3.63) is 41.0 Å². The highest BCUT2D eigenvalue weighted by atomic mass is 16.7. The zero-order chi connectivity index (χ0) is 18.8. The lowest BCUT2D eigenvalue weighted by atomic mass is 9.81. The van der Waals surface area contributed by atoms with E-state index in [4.69, 9.17) is 9.47 Å². The fourth-order valence-corrected chi connectivity index (χ4v) is 3.91. The topological polar surface area (TPSA) is 21.7 Å². The van der Waals surface area contributed by atoms with Crippen LogP contribution in [0.3, 0.4) is 0 Å². The van der Waals surface area contributed by atoms with Crippen molar-refractivity contribution < 1.29 is 9.47 Å². The van der Waals surface area contributed by atoms with Crippen molar-refractivity contribution in [2.45, 2.75) is 65.1 Å². The standard InChI is InChI=1S/C23H35NO2/c1-6-22(4,5)21-9-7-20(8-10-21)19(3)18(2)17-24-13-11-23(12-14-24)25-15-16-26-23/h7-10H,6,11-17H2,1-5H3. The molecule has 3 nitrogen and oxygen atoms in total. The fourth-order valence-electron chi connectivity index (χ4n) is 3.91. The van der Waals surface area contributed by atoms with Gasteiger partial charge in [-0.3, -0.25) is 4.90 Å². The third-order valence-corrected chi connectivity index (χ3v) is 6.52. The molecule has 0 radical (unpaired) electrons. The summed E-state index contributed by atoms with van der Waals surface area (Å²) in [5.74, 6) is -0.273. The summed E-state index contributed by atoms with van der Waals surface area (Å²) in [6.45, 7) is 16.1. The molecular formula is C23H35NO2. The van der Waals surface area contributed by atoms with Gasteiger partial charge in [-0.1, -0.05) is 50.6 Å². The van der Waals surface area contributed by atoms with Gasteiger partial charge in [0, 0.05) is 32.5 Å². The molecule has 0 atom stereocenters. The van der Waals surface area contributed by atoms with Gasteiger partial charge in [-0.05, 0) is 42.4 Å². The molecule has 2 heterocycles. The molecule has 144 valence electrons. The normalized spacial score (nSPS) is 21.9. The van der Waals surface area contributed by atoms with E-state index < -0.39 is 0 Å². The quantitative estimate of drug-likeness (QED) is 0.740. The van der Waals surface area contributed by atoms with Crippen LogP contribution in [0.25, 0.3) is 5.57 Å². The van der Waals surface area contributed by atoms with E-state index in [0.717, 1.165) is 52.1 Å². The summed E-state index contributed by atoms with van der Waals surface area (Å²) in [4.78, 5) is 2.53. The Balaban J connectivity index is 1.62. The van der Waals surface area contributed by atoms with Crippen LogP contribution < -0.4 is 0 Å². The van der Waals surface area contributed by atoms with E-state index >= 15 is 0 Å². The Kier molecular flexibility index (Phi) is 5.91. The largest absolute Gasteiger partial charge is 0.347 e. The van der Waals surface area contributed by atoms with E-state index in [9.17, 15) is 0 Å². The second-order valence-electron chi connectivity index (χ2n) is 8.60. The number of benzene rings is 1. The lowest BCUT2D eigenvalue weighted by Crippen LogP contribution is -2.45. The van der Waals surface area contributed by atoms with Crippen molar-refractivity contribution in [1.82, 2.24) is 4.90 Å². The summed E-state index contributed by atoms with van der Waals surface area (Å²) in [6.07, 6.45) is 3.13. The van der Waals surface area contributed by atoms with Crippen LogP contribution in [0.5, 0.6) is 0 Å². The first-order chi connectivity index (χ1) is 12.4. The van der Waals surface area contributed by atoms with E-state index in [-0.39, 0.29) is 11.2 Å². The van der Waals surface area contributed by atoms with Crippen molar-refractivity contribution in [1.29, 1.82) is 0 Å². The van der Waals surface area contributed by atoms with Crippen LogP contribution in [0, 0.1) is 0 Å². The van der Waals surface area contributed by atoms with Gasteiger partial charge in [0.05, 0.1) is 13.2 Å². The Morgan fingerprint density at radius 2 is 1.62 bits per heavy atom. The van der Waals surface area contributed by atoms with Crippen molar-refractivity contribution in [3.8, 4) is 0 Å². The van der Waals surface area contributed by atoms with Crippen molar-refractivity contribution in [2.75, 3.05) is 32.8 Å². The van der Waals surface area contributed by atoms with Crippen LogP contribution in [-0.4, -0.2) is 43.5 Å². The molecule has 0 saturated carbocycles. The lowest BCUT2D eigenvalue weighted by Gasteiger charge is -2.37. The summed E-state index contributed by atoms with van der Waals surface area (Å²) in [5.41, 5.74) is 5.87. The maximum Gasteiger partial charge on any atom is 0.170 e. The van der Waals surface area contributed by atoms with Crippen LogP contribution in [0.4, 0.5) is 0 Å². The summed E-state index contributed by atoms with van der Waals surface area (Å²) in [5, 5.41) is 0. The van der Waals surface area contributed by atoms with Gasteiger partial charge in [0.2, 0.25) is 0 Å². The molecule has 2 aliphatic heterocycles. The Morgan fingerprint density at radius 3 is 2.15 bits per heavy atom. The predicted octanol–water partition coefficient (Wildman–Crippen LogP) is 5.01. The minimum atomic E-state index is -0.273. The lowest BCUT2D eigenvalue weighted by molar-refractivity contribution is -0.184. The third-order valence-electron chi connectivity index (χ3n) is 6.52. The molecule has 2 fully saturated rings. The first-order valence-corrected chi connectivity index (χ1v) is 10.1. The van der Waals surface area contributed by atoms with E-state index in [0.29, 0.717) is 0 Å². The summed E-state index contributed by atoms with van der Waals surface area (Å²) in [6, 6.07) is 9.18. The number of piperidine rings is 1. The minimum Gasteiger partial charge on any atom is -0.347 e.